The zero-order valence-corrected chi connectivity index (χ0v) is 19.2. The zero-order valence-electron chi connectivity index (χ0n) is 19.2. The van der Waals surface area contributed by atoms with Crippen molar-refractivity contribution in [1.29, 1.82) is 0 Å². The number of nitrogens with one attached hydrogen (secondary N) is 3. The standard InChI is InChI=1S/C28H30N4O2/c33-27-15-24(11-12-32(27)19-21-5-2-1-3-6-21)28(34)30-17-22-9-10-23-14-25(31-26(23)13-22)18-29-16-20-7-4-8-20/h1-3,5-6,9-15,20,29,31H,4,7-8,16-19H2,(H,30,34). The lowest BCUT2D eigenvalue weighted by atomic mass is 9.85. The fourth-order valence-corrected chi connectivity index (χ4v) is 4.39. The summed E-state index contributed by atoms with van der Waals surface area (Å²) in [5.41, 5.74) is 4.47. The Kier molecular flexibility index (Phi) is 6.58. The van der Waals surface area contributed by atoms with E-state index in [9.17, 15) is 9.59 Å². The number of pyridine rings is 1. The highest BCUT2D eigenvalue weighted by molar-refractivity contribution is 5.94. The molecule has 1 fully saturated rings. The van der Waals surface area contributed by atoms with Crippen molar-refractivity contribution in [3.63, 3.8) is 0 Å². The van der Waals surface area contributed by atoms with Gasteiger partial charge < -0.3 is 20.2 Å². The molecule has 0 radical (unpaired) electrons. The number of aromatic amines is 1. The normalized spacial score (nSPS) is 13.6. The van der Waals surface area contributed by atoms with Gasteiger partial charge >= 0.3 is 0 Å². The number of nitrogens with zero attached hydrogens (tertiary/aromatic N) is 1. The van der Waals surface area contributed by atoms with Crippen molar-refractivity contribution in [2.45, 2.75) is 38.9 Å². The van der Waals surface area contributed by atoms with E-state index in [4.69, 9.17) is 0 Å². The Morgan fingerprint density at radius 1 is 0.971 bits per heavy atom. The molecule has 0 unspecified atom stereocenters. The van der Waals surface area contributed by atoms with Crippen molar-refractivity contribution in [2.24, 2.45) is 5.92 Å². The Morgan fingerprint density at radius 3 is 2.59 bits per heavy atom. The van der Waals surface area contributed by atoms with Gasteiger partial charge in [-0.2, -0.15) is 0 Å². The largest absolute Gasteiger partial charge is 0.357 e. The van der Waals surface area contributed by atoms with Gasteiger partial charge in [0.2, 0.25) is 0 Å². The van der Waals surface area contributed by atoms with Crippen LogP contribution in [0.1, 0.15) is 46.4 Å². The average Bonchev–Trinajstić information content (AvgIpc) is 3.23. The molecular weight excluding hydrogens is 424 g/mol. The second kappa shape index (κ2) is 10.1. The van der Waals surface area contributed by atoms with Crippen molar-refractivity contribution in [3.8, 4) is 0 Å². The molecule has 34 heavy (non-hydrogen) atoms. The first kappa shape index (κ1) is 22.2. The van der Waals surface area contributed by atoms with Crippen molar-refractivity contribution < 1.29 is 4.79 Å². The molecule has 5 rings (SSSR count). The average molecular weight is 455 g/mol. The minimum absolute atomic E-state index is 0.192. The molecule has 2 aromatic heterocycles. The van der Waals surface area contributed by atoms with Gasteiger partial charge in [0.1, 0.15) is 0 Å². The third-order valence-electron chi connectivity index (χ3n) is 6.62. The lowest BCUT2D eigenvalue weighted by Gasteiger charge is -2.25. The quantitative estimate of drug-likeness (QED) is 0.355. The van der Waals surface area contributed by atoms with Crippen LogP contribution in [0.15, 0.2) is 77.7 Å². The minimum Gasteiger partial charge on any atom is -0.357 e. The Labute approximate surface area is 199 Å². The summed E-state index contributed by atoms with van der Waals surface area (Å²) in [6, 6.07) is 21.2. The molecule has 6 heteroatoms. The molecule has 0 bridgehead atoms. The third-order valence-corrected chi connectivity index (χ3v) is 6.62. The molecule has 174 valence electrons. The van der Waals surface area contributed by atoms with Gasteiger partial charge in [-0.15, -0.1) is 0 Å². The maximum absolute atomic E-state index is 12.6. The number of amides is 1. The van der Waals surface area contributed by atoms with E-state index >= 15 is 0 Å². The molecule has 2 heterocycles. The van der Waals surface area contributed by atoms with E-state index < -0.39 is 0 Å². The summed E-state index contributed by atoms with van der Waals surface area (Å²) in [6.07, 6.45) is 5.74. The van der Waals surface area contributed by atoms with Crippen LogP contribution in [-0.2, 0) is 19.6 Å². The molecule has 1 aliphatic carbocycles. The highest BCUT2D eigenvalue weighted by Crippen LogP contribution is 2.25. The Balaban J connectivity index is 1.17. The van der Waals surface area contributed by atoms with Gasteiger partial charge in [0.15, 0.2) is 0 Å². The fourth-order valence-electron chi connectivity index (χ4n) is 4.39. The maximum atomic E-state index is 12.6. The molecule has 1 aliphatic rings. The number of hydrogen-bond acceptors (Lipinski definition) is 3. The smallest absolute Gasteiger partial charge is 0.251 e. The van der Waals surface area contributed by atoms with Crippen LogP contribution in [0, 0.1) is 5.92 Å². The van der Waals surface area contributed by atoms with Crippen molar-refractivity contribution in [3.05, 3.63) is 106 Å². The Bertz CT molecular complexity index is 1340. The van der Waals surface area contributed by atoms with E-state index in [1.54, 1.807) is 16.8 Å². The number of aromatic nitrogens is 2. The number of H-pyrrole nitrogens is 1. The monoisotopic (exact) mass is 454 g/mol. The van der Waals surface area contributed by atoms with Crippen LogP contribution in [0.5, 0.6) is 0 Å². The van der Waals surface area contributed by atoms with Crippen LogP contribution < -0.4 is 16.2 Å². The number of hydrogen-bond donors (Lipinski definition) is 3. The van der Waals surface area contributed by atoms with Crippen molar-refractivity contribution in [1.82, 2.24) is 20.2 Å². The molecule has 3 N–H and O–H groups in total. The number of fused-ring (bicyclic) bond motifs is 1. The number of benzene rings is 2. The van der Waals surface area contributed by atoms with E-state index in [1.165, 1.54) is 31.0 Å². The Morgan fingerprint density at radius 2 is 1.82 bits per heavy atom. The van der Waals surface area contributed by atoms with Crippen LogP contribution in [-0.4, -0.2) is 22.0 Å². The van der Waals surface area contributed by atoms with E-state index in [0.717, 1.165) is 41.0 Å². The minimum atomic E-state index is -0.253. The van der Waals surface area contributed by atoms with E-state index in [2.05, 4.69) is 33.8 Å². The molecule has 1 amide bonds. The molecule has 6 nitrogen and oxygen atoms in total. The maximum Gasteiger partial charge on any atom is 0.251 e. The number of carbonyl (C=O) groups excluding carboxylic acids is 1. The van der Waals surface area contributed by atoms with E-state index in [-0.39, 0.29) is 11.5 Å². The fraction of sp³-hybridized carbons (Fsp3) is 0.286. The molecular formula is C28H30N4O2. The van der Waals surface area contributed by atoms with Gasteiger partial charge in [-0.3, -0.25) is 9.59 Å². The van der Waals surface area contributed by atoms with Crippen molar-refractivity contribution >= 4 is 16.8 Å². The van der Waals surface area contributed by atoms with E-state index in [1.807, 2.05) is 36.4 Å². The first-order chi connectivity index (χ1) is 16.6. The summed E-state index contributed by atoms with van der Waals surface area (Å²) in [6.45, 7) is 2.81. The van der Waals surface area contributed by atoms with Gasteiger partial charge in [-0.1, -0.05) is 48.9 Å². The first-order valence-electron chi connectivity index (χ1n) is 12.0. The number of rotatable bonds is 9. The summed E-state index contributed by atoms with van der Waals surface area (Å²) in [4.78, 5) is 28.6. The molecule has 0 atom stereocenters. The molecule has 0 saturated heterocycles. The molecule has 2 aromatic carbocycles. The lowest BCUT2D eigenvalue weighted by Crippen LogP contribution is -2.26. The first-order valence-corrected chi connectivity index (χ1v) is 12.0. The topological polar surface area (TPSA) is 78.9 Å². The van der Waals surface area contributed by atoms with Gasteiger partial charge in [-0.25, -0.2) is 0 Å². The van der Waals surface area contributed by atoms with Crippen LogP contribution in [0.3, 0.4) is 0 Å². The van der Waals surface area contributed by atoms with Crippen LogP contribution in [0.2, 0.25) is 0 Å². The second-order valence-corrected chi connectivity index (χ2v) is 9.19. The summed E-state index contributed by atoms with van der Waals surface area (Å²) in [7, 11) is 0. The zero-order chi connectivity index (χ0) is 23.3. The predicted molar refractivity (Wildman–Crippen MR) is 135 cm³/mol. The molecule has 1 saturated carbocycles. The lowest BCUT2D eigenvalue weighted by molar-refractivity contribution is 0.0950. The van der Waals surface area contributed by atoms with Gasteiger partial charge in [0.25, 0.3) is 11.5 Å². The van der Waals surface area contributed by atoms with Gasteiger partial charge in [-0.05, 0) is 60.0 Å². The van der Waals surface area contributed by atoms with Gasteiger partial charge in [0, 0.05) is 42.1 Å². The second-order valence-electron chi connectivity index (χ2n) is 9.19. The predicted octanol–water partition coefficient (Wildman–Crippen LogP) is 4.20. The molecule has 4 aromatic rings. The Hall–Kier alpha value is -3.64. The summed E-state index contributed by atoms with van der Waals surface area (Å²) in [5.74, 6) is 0.590. The number of carbonyl (C=O) groups is 1. The van der Waals surface area contributed by atoms with Crippen LogP contribution in [0.4, 0.5) is 0 Å². The summed E-state index contributed by atoms with van der Waals surface area (Å²) >= 11 is 0. The molecule has 0 aliphatic heterocycles. The molecule has 0 spiro atoms. The van der Waals surface area contributed by atoms with E-state index in [0.29, 0.717) is 18.7 Å². The third kappa shape index (κ3) is 5.29. The highest BCUT2D eigenvalue weighted by atomic mass is 16.2. The van der Waals surface area contributed by atoms with Gasteiger partial charge in [0.05, 0.1) is 6.54 Å². The van der Waals surface area contributed by atoms with Crippen LogP contribution in [0.25, 0.3) is 10.9 Å². The summed E-state index contributed by atoms with van der Waals surface area (Å²) < 4.78 is 1.60. The summed E-state index contributed by atoms with van der Waals surface area (Å²) in [5, 5.41) is 7.64. The van der Waals surface area contributed by atoms with Crippen molar-refractivity contribution in [2.75, 3.05) is 6.54 Å². The SMILES string of the molecule is O=C(NCc1ccc2cc(CNCC3CCC3)[nH]c2c1)c1ccn(Cc2ccccc2)c(=O)c1. The van der Waals surface area contributed by atoms with Crippen LogP contribution >= 0.6 is 0 Å². The highest BCUT2D eigenvalue weighted by Gasteiger charge is 2.16.